The van der Waals surface area contributed by atoms with Crippen molar-refractivity contribution in [3.63, 3.8) is 0 Å². The van der Waals surface area contributed by atoms with Gasteiger partial charge in [0, 0.05) is 29.8 Å². The zero-order valence-electron chi connectivity index (χ0n) is 20.4. The van der Waals surface area contributed by atoms with E-state index >= 15 is 0 Å². The smallest absolute Gasteiger partial charge is 0.170 e. The molecule has 2 aromatic heterocycles. The molecule has 1 N–H and O–H groups in total. The summed E-state index contributed by atoms with van der Waals surface area (Å²) in [7, 11) is 4.24. The van der Waals surface area contributed by atoms with Gasteiger partial charge in [-0.1, -0.05) is 31.2 Å². The van der Waals surface area contributed by atoms with Crippen LogP contribution in [-0.2, 0) is 6.42 Å². The van der Waals surface area contributed by atoms with Crippen LogP contribution in [0.4, 0.5) is 0 Å². The van der Waals surface area contributed by atoms with Gasteiger partial charge in [-0.25, -0.2) is 0 Å². The average Bonchev–Trinajstić information content (AvgIpc) is 3.29. The van der Waals surface area contributed by atoms with E-state index in [9.17, 15) is 0 Å². The van der Waals surface area contributed by atoms with Gasteiger partial charge in [0.15, 0.2) is 5.11 Å². The Hall–Kier alpha value is -2.70. The number of thiocarbonyl (C=S) groups is 1. The van der Waals surface area contributed by atoms with Gasteiger partial charge in [-0.05, 0) is 94.9 Å². The molecule has 1 aliphatic heterocycles. The van der Waals surface area contributed by atoms with Crippen LogP contribution in [0.15, 0.2) is 54.7 Å². The Kier molecular flexibility index (Phi) is 7.15. The minimum absolute atomic E-state index is 0.0217. The van der Waals surface area contributed by atoms with Crippen molar-refractivity contribution in [2.45, 2.75) is 45.7 Å². The van der Waals surface area contributed by atoms with Crippen molar-refractivity contribution in [2.75, 3.05) is 27.2 Å². The van der Waals surface area contributed by atoms with E-state index in [0.717, 1.165) is 36.7 Å². The van der Waals surface area contributed by atoms with Gasteiger partial charge in [0.1, 0.15) is 0 Å². The second-order valence-corrected chi connectivity index (χ2v) is 9.51. The fourth-order valence-corrected chi connectivity index (χ4v) is 5.36. The molecule has 4 rings (SSSR count). The molecule has 174 valence electrons. The highest BCUT2D eigenvalue weighted by atomic mass is 32.1. The fourth-order valence-electron chi connectivity index (χ4n) is 5.03. The average molecular weight is 462 g/mol. The van der Waals surface area contributed by atoms with E-state index in [2.05, 4.69) is 97.0 Å². The minimum Gasteiger partial charge on any atom is -0.352 e. The number of benzene rings is 1. The zero-order chi connectivity index (χ0) is 23.5. The van der Waals surface area contributed by atoms with Crippen molar-refractivity contribution >= 4 is 17.3 Å². The molecule has 1 fully saturated rings. The van der Waals surface area contributed by atoms with Crippen molar-refractivity contribution in [1.82, 2.24) is 24.7 Å². The molecule has 0 spiro atoms. The first-order chi connectivity index (χ1) is 15.9. The molecule has 0 aliphatic carbocycles. The van der Waals surface area contributed by atoms with Crippen LogP contribution in [0.3, 0.4) is 0 Å². The number of nitrogens with one attached hydrogen (secondary N) is 1. The molecule has 3 aromatic rings. The molecule has 0 saturated carbocycles. The lowest BCUT2D eigenvalue weighted by Gasteiger charge is -2.28. The first-order valence-corrected chi connectivity index (χ1v) is 12.2. The third kappa shape index (κ3) is 4.68. The predicted octanol–water partition coefficient (Wildman–Crippen LogP) is 4.98. The number of rotatable bonds is 8. The second-order valence-electron chi connectivity index (χ2n) is 9.12. The highest BCUT2D eigenvalue weighted by Gasteiger charge is 2.41. The first-order valence-electron chi connectivity index (χ1n) is 11.8. The van der Waals surface area contributed by atoms with Crippen LogP contribution < -0.4 is 5.32 Å². The predicted molar refractivity (Wildman–Crippen MR) is 140 cm³/mol. The molecule has 5 nitrogen and oxygen atoms in total. The monoisotopic (exact) mass is 461 g/mol. The third-order valence-corrected chi connectivity index (χ3v) is 6.96. The number of aromatic nitrogens is 2. The summed E-state index contributed by atoms with van der Waals surface area (Å²) in [5.41, 5.74) is 7.47. The summed E-state index contributed by atoms with van der Waals surface area (Å²) < 4.78 is 2.41. The highest BCUT2D eigenvalue weighted by Crippen LogP contribution is 2.41. The molecule has 33 heavy (non-hydrogen) atoms. The van der Waals surface area contributed by atoms with E-state index in [1.54, 1.807) is 0 Å². The number of aryl methyl sites for hydroxylation is 2. The van der Waals surface area contributed by atoms with Gasteiger partial charge in [0.2, 0.25) is 0 Å². The van der Waals surface area contributed by atoms with Crippen LogP contribution in [0.5, 0.6) is 0 Å². The van der Waals surface area contributed by atoms with E-state index in [-0.39, 0.29) is 12.1 Å². The summed E-state index contributed by atoms with van der Waals surface area (Å²) in [6.07, 6.45) is 3.93. The van der Waals surface area contributed by atoms with E-state index in [1.807, 2.05) is 12.3 Å². The maximum Gasteiger partial charge on any atom is 0.170 e. The molecule has 0 bridgehead atoms. The van der Waals surface area contributed by atoms with Crippen molar-refractivity contribution < 1.29 is 0 Å². The number of hydrogen-bond donors (Lipinski definition) is 1. The number of hydrogen-bond acceptors (Lipinski definition) is 3. The van der Waals surface area contributed by atoms with Crippen LogP contribution in [0, 0.1) is 13.8 Å². The number of para-hydroxylation sites is 1. The molecule has 2 unspecified atom stereocenters. The maximum atomic E-state index is 5.86. The summed E-state index contributed by atoms with van der Waals surface area (Å²) in [5.74, 6) is 0. The standard InChI is InChI=1S/C27H35N5S/c1-6-21-12-7-8-14-24(21)32-19(2)18-22(20(32)3)26-25(23-13-9-10-15-28-23)29-27(33)31(26)17-11-16-30(4)5/h7-10,12-15,18,25-26H,6,11,16-17H2,1-5H3,(H,29,33). The van der Waals surface area contributed by atoms with E-state index in [1.165, 1.54) is 28.2 Å². The van der Waals surface area contributed by atoms with Crippen LogP contribution in [-0.4, -0.2) is 51.6 Å². The Labute approximate surface area is 203 Å². The summed E-state index contributed by atoms with van der Waals surface area (Å²) in [6, 6.07) is 17.3. The Morgan fingerprint density at radius 3 is 2.55 bits per heavy atom. The SMILES string of the molecule is CCc1ccccc1-n1c(C)cc(C2C(c3ccccn3)NC(=S)N2CCCN(C)C)c1C. The Morgan fingerprint density at radius 1 is 1.09 bits per heavy atom. The number of pyridine rings is 1. The van der Waals surface area contributed by atoms with Gasteiger partial charge in [-0.15, -0.1) is 0 Å². The summed E-state index contributed by atoms with van der Waals surface area (Å²) in [5, 5.41) is 4.41. The van der Waals surface area contributed by atoms with Gasteiger partial charge in [0.05, 0.1) is 17.8 Å². The Bertz CT molecular complexity index is 1100. The lowest BCUT2D eigenvalue weighted by Crippen LogP contribution is -2.32. The van der Waals surface area contributed by atoms with Crippen LogP contribution >= 0.6 is 12.2 Å². The van der Waals surface area contributed by atoms with E-state index in [4.69, 9.17) is 17.2 Å². The Balaban J connectivity index is 1.79. The maximum absolute atomic E-state index is 5.86. The van der Waals surface area contributed by atoms with Crippen molar-refractivity contribution in [3.05, 3.63) is 82.9 Å². The van der Waals surface area contributed by atoms with Gasteiger partial charge in [-0.3, -0.25) is 4.98 Å². The highest BCUT2D eigenvalue weighted by molar-refractivity contribution is 7.80. The number of nitrogens with zero attached hydrogens (tertiary/aromatic N) is 4. The molecule has 1 aromatic carbocycles. The fraction of sp³-hybridized carbons (Fsp3) is 0.407. The van der Waals surface area contributed by atoms with Crippen LogP contribution in [0.1, 0.15) is 53.6 Å². The molecule has 1 aliphatic rings. The lowest BCUT2D eigenvalue weighted by atomic mass is 9.96. The van der Waals surface area contributed by atoms with Gasteiger partial charge in [0.25, 0.3) is 0 Å². The zero-order valence-corrected chi connectivity index (χ0v) is 21.2. The first kappa shape index (κ1) is 23.5. The molecule has 1 saturated heterocycles. The van der Waals surface area contributed by atoms with Crippen molar-refractivity contribution in [3.8, 4) is 5.69 Å². The quantitative estimate of drug-likeness (QED) is 0.479. The molecule has 3 heterocycles. The molecule has 0 amide bonds. The molecular formula is C27H35N5S. The van der Waals surface area contributed by atoms with Gasteiger partial charge in [-0.2, -0.15) is 0 Å². The van der Waals surface area contributed by atoms with Crippen molar-refractivity contribution in [1.29, 1.82) is 0 Å². The topological polar surface area (TPSA) is 36.3 Å². The van der Waals surface area contributed by atoms with E-state index in [0.29, 0.717) is 0 Å². The van der Waals surface area contributed by atoms with Gasteiger partial charge < -0.3 is 19.7 Å². The van der Waals surface area contributed by atoms with Gasteiger partial charge >= 0.3 is 0 Å². The van der Waals surface area contributed by atoms with Crippen molar-refractivity contribution in [2.24, 2.45) is 0 Å². The summed E-state index contributed by atoms with van der Waals surface area (Å²) in [4.78, 5) is 9.29. The van der Waals surface area contributed by atoms with Crippen LogP contribution in [0.25, 0.3) is 5.69 Å². The molecule has 6 heteroatoms. The lowest BCUT2D eigenvalue weighted by molar-refractivity contribution is 0.292. The largest absolute Gasteiger partial charge is 0.352 e. The minimum atomic E-state index is 0.0217. The summed E-state index contributed by atoms with van der Waals surface area (Å²) in [6.45, 7) is 8.60. The van der Waals surface area contributed by atoms with Crippen LogP contribution in [0.2, 0.25) is 0 Å². The molecule has 2 atom stereocenters. The second kappa shape index (κ2) is 10.1. The Morgan fingerprint density at radius 2 is 1.85 bits per heavy atom. The summed E-state index contributed by atoms with van der Waals surface area (Å²) >= 11 is 5.86. The third-order valence-electron chi connectivity index (χ3n) is 6.60. The normalized spacial score (nSPS) is 18.2. The molecular weight excluding hydrogens is 426 g/mol. The van der Waals surface area contributed by atoms with E-state index < -0.39 is 0 Å². The molecule has 0 radical (unpaired) electrons.